The lowest BCUT2D eigenvalue weighted by Gasteiger charge is -2.22. The van der Waals surface area contributed by atoms with Gasteiger partial charge in [0.1, 0.15) is 6.54 Å². The maximum Gasteiger partial charge on any atom is 0.209 e. The summed E-state index contributed by atoms with van der Waals surface area (Å²) in [5.74, 6) is 0. The Hall–Kier alpha value is -2.87. The summed E-state index contributed by atoms with van der Waals surface area (Å²) in [5, 5.41) is 3.68. The van der Waals surface area contributed by atoms with Crippen LogP contribution in [0, 0.1) is 0 Å². The number of nitrogens with one attached hydrogen (secondary N) is 1. The third kappa shape index (κ3) is 4.12. The number of hydrogen-bond donors (Lipinski definition) is 1. The Bertz CT molecular complexity index is 1160. The van der Waals surface area contributed by atoms with E-state index >= 15 is 0 Å². The second-order valence-corrected chi connectivity index (χ2v) is 10.3. The molecule has 1 N–H and O–H groups in total. The topological polar surface area (TPSA) is 15.0 Å². The first-order valence-electron chi connectivity index (χ1n) is 12.5. The highest BCUT2D eigenvalue weighted by molar-refractivity contribution is 6.03. The van der Waals surface area contributed by atoms with Crippen molar-refractivity contribution in [3.63, 3.8) is 0 Å². The number of allylic oxidation sites excluding steroid dienone is 6. The van der Waals surface area contributed by atoms with Crippen molar-refractivity contribution in [2.45, 2.75) is 71.6 Å². The molecule has 0 atom stereocenters. The Balaban J connectivity index is 1.57. The molecule has 0 saturated heterocycles. The summed E-state index contributed by atoms with van der Waals surface area (Å²) in [6, 6.07) is 15.5. The van der Waals surface area contributed by atoms with Crippen LogP contribution in [0.4, 0.5) is 11.4 Å². The zero-order valence-electron chi connectivity index (χ0n) is 21.2. The molecule has 33 heavy (non-hydrogen) atoms. The molecule has 0 saturated carbocycles. The Morgan fingerprint density at radius 2 is 1.64 bits per heavy atom. The SMILES string of the molecule is CCCc1cccc2c1C(C)(C)C(=CC=CC=CC1=[N+](CCC)c3ccccc3C1(C)C)N2. The van der Waals surface area contributed by atoms with Crippen LogP contribution in [0.5, 0.6) is 0 Å². The average molecular weight is 440 g/mol. The average Bonchev–Trinajstić information content (AvgIpc) is 3.17. The summed E-state index contributed by atoms with van der Waals surface area (Å²) < 4.78 is 2.49. The van der Waals surface area contributed by atoms with Crippen LogP contribution in [0.3, 0.4) is 0 Å². The van der Waals surface area contributed by atoms with E-state index in [0.717, 1.165) is 19.4 Å². The van der Waals surface area contributed by atoms with Crippen molar-refractivity contribution in [2.75, 3.05) is 11.9 Å². The second-order valence-electron chi connectivity index (χ2n) is 10.3. The van der Waals surface area contributed by atoms with Crippen LogP contribution in [-0.2, 0) is 17.3 Å². The maximum atomic E-state index is 3.68. The van der Waals surface area contributed by atoms with E-state index in [1.54, 1.807) is 0 Å². The largest absolute Gasteiger partial charge is 0.358 e. The molecule has 2 aromatic carbocycles. The van der Waals surface area contributed by atoms with Gasteiger partial charge in [-0.1, -0.05) is 82.7 Å². The van der Waals surface area contributed by atoms with Crippen LogP contribution in [0.1, 0.15) is 71.1 Å². The summed E-state index contributed by atoms with van der Waals surface area (Å²) in [5.41, 5.74) is 9.61. The molecule has 4 rings (SSSR count). The van der Waals surface area contributed by atoms with Crippen molar-refractivity contribution in [3.8, 4) is 0 Å². The molecule has 0 aliphatic carbocycles. The van der Waals surface area contributed by atoms with Crippen LogP contribution in [0.2, 0.25) is 0 Å². The molecule has 2 heteroatoms. The van der Waals surface area contributed by atoms with Crippen molar-refractivity contribution in [1.29, 1.82) is 0 Å². The Morgan fingerprint density at radius 1 is 0.848 bits per heavy atom. The van der Waals surface area contributed by atoms with E-state index in [4.69, 9.17) is 0 Å². The quantitative estimate of drug-likeness (QED) is 0.343. The molecule has 2 aromatic rings. The third-order valence-corrected chi connectivity index (χ3v) is 7.22. The van der Waals surface area contributed by atoms with E-state index in [-0.39, 0.29) is 10.8 Å². The fourth-order valence-corrected chi connectivity index (χ4v) is 5.57. The summed E-state index contributed by atoms with van der Waals surface area (Å²) in [4.78, 5) is 0. The molecular formula is C31H39N2+. The van der Waals surface area contributed by atoms with Gasteiger partial charge in [-0.2, -0.15) is 4.58 Å². The molecule has 0 spiro atoms. The van der Waals surface area contributed by atoms with Gasteiger partial charge >= 0.3 is 0 Å². The number of para-hydroxylation sites is 1. The van der Waals surface area contributed by atoms with Crippen LogP contribution >= 0.6 is 0 Å². The number of hydrogen-bond acceptors (Lipinski definition) is 1. The minimum Gasteiger partial charge on any atom is -0.358 e. The molecule has 2 aliphatic heterocycles. The van der Waals surface area contributed by atoms with Gasteiger partial charge < -0.3 is 5.32 Å². The number of fused-ring (bicyclic) bond motifs is 2. The molecule has 2 heterocycles. The zero-order chi connectivity index (χ0) is 23.6. The fourth-order valence-electron chi connectivity index (χ4n) is 5.57. The highest BCUT2D eigenvalue weighted by Crippen LogP contribution is 2.45. The van der Waals surface area contributed by atoms with Crippen molar-refractivity contribution in [3.05, 3.63) is 95.2 Å². The number of rotatable bonds is 7. The van der Waals surface area contributed by atoms with E-state index in [9.17, 15) is 0 Å². The van der Waals surface area contributed by atoms with Gasteiger partial charge in [0.2, 0.25) is 5.69 Å². The van der Waals surface area contributed by atoms with Gasteiger partial charge in [0, 0.05) is 40.9 Å². The molecule has 2 nitrogen and oxygen atoms in total. The highest BCUT2D eigenvalue weighted by Gasteiger charge is 2.43. The van der Waals surface area contributed by atoms with Crippen LogP contribution in [0.15, 0.2) is 78.5 Å². The molecule has 0 aromatic heterocycles. The molecule has 0 bridgehead atoms. The molecule has 172 valence electrons. The number of benzene rings is 2. The molecule has 0 fully saturated rings. The Morgan fingerprint density at radius 3 is 2.39 bits per heavy atom. The summed E-state index contributed by atoms with van der Waals surface area (Å²) in [7, 11) is 0. The Kier molecular flexibility index (Phi) is 6.47. The highest BCUT2D eigenvalue weighted by atomic mass is 15.1. The van der Waals surface area contributed by atoms with E-state index in [2.05, 4.69) is 124 Å². The van der Waals surface area contributed by atoms with Crippen molar-refractivity contribution >= 4 is 17.1 Å². The molecular weight excluding hydrogens is 400 g/mol. The van der Waals surface area contributed by atoms with Crippen LogP contribution in [0.25, 0.3) is 0 Å². The van der Waals surface area contributed by atoms with Gasteiger partial charge in [-0.05, 0) is 43.5 Å². The number of anilines is 1. The van der Waals surface area contributed by atoms with E-state index in [0.29, 0.717) is 0 Å². The van der Waals surface area contributed by atoms with E-state index in [1.807, 2.05) is 0 Å². The fraction of sp³-hybridized carbons (Fsp3) is 0.387. The summed E-state index contributed by atoms with van der Waals surface area (Å²) in [6.45, 7) is 14.9. The first-order valence-corrected chi connectivity index (χ1v) is 12.5. The van der Waals surface area contributed by atoms with E-state index in [1.165, 1.54) is 45.9 Å². The summed E-state index contributed by atoms with van der Waals surface area (Å²) >= 11 is 0. The van der Waals surface area contributed by atoms with Crippen molar-refractivity contribution < 1.29 is 4.58 Å². The molecule has 2 aliphatic rings. The van der Waals surface area contributed by atoms with Gasteiger partial charge in [-0.25, -0.2) is 0 Å². The lowest BCUT2D eigenvalue weighted by atomic mass is 9.80. The van der Waals surface area contributed by atoms with Gasteiger partial charge in [0.15, 0.2) is 5.71 Å². The number of nitrogens with zero attached hydrogens (tertiary/aromatic N) is 1. The minimum atomic E-state index is -0.00306. The summed E-state index contributed by atoms with van der Waals surface area (Å²) in [6.07, 6.45) is 14.5. The molecule has 0 radical (unpaired) electrons. The first-order chi connectivity index (χ1) is 15.8. The minimum absolute atomic E-state index is 0.00306. The zero-order valence-corrected chi connectivity index (χ0v) is 21.2. The van der Waals surface area contributed by atoms with E-state index < -0.39 is 0 Å². The van der Waals surface area contributed by atoms with Crippen LogP contribution in [-0.4, -0.2) is 16.8 Å². The standard InChI is InChI=1S/C31H38N2/c1-7-15-23-16-14-18-25-29(23)31(5,6)27(32-25)20-10-9-11-21-28-30(3,4)24-17-12-13-19-26(24)33(28)22-8-2/h9-14,16-21H,7-8,15,22H2,1-6H3/p+1. The van der Waals surface area contributed by atoms with Gasteiger partial charge in [-0.3, -0.25) is 0 Å². The smallest absolute Gasteiger partial charge is 0.209 e. The predicted octanol–water partition coefficient (Wildman–Crippen LogP) is 7.82. The lowest BCUT2D eigenvalue weighted by molar-refractivity contribution is -0.437. The van der Waals surface area contributed by atoms with Gasteiger partial charge in [0.25, 0.3) is 0 Å². The lowest BCUT2D eigenvalue weighted by Crippen LogP contribution is -2.27. The Labute approximate surface area is 200 Å². The predicted molar refractivity (Wildman–Crippen MR) is 143 cm³/mol. The normalized spacial score (nSPS) is 19.5. The van der Waals surface area contributed by atoms with Gasteiger partial charge in [0.05, 0.1) is 5.41 Å². The maximum absolute atomic E-state index is 3.68. The number of aryl methyl sites for hydroxylation is 1. The van der Waals surface area contributed by atoms with Crippen molar-refractivity contribution in [1.82, 2.24) is 0 Å². The molecule has 0 unspecified atom stereocenters. The molecule has 0 amide bonds. The van der Waals surface area contributed by atoms with Crippen LogP contribution < -0.4 is 5.32 Å². The second kappa shape index (κ2) is 9.17. The van der Waals surface area contributed by atoms with Crippen molar-refractivity contribution in [2.24, 2.45) is 0 Å². The third-order valence-electron chi connectivity index (χ3n) is 7.22. The first kappa shape index (κ1) is 23.3. The monoisotopic (exact) mass is 439 g/mol. The van der Waals surface area contributed by atoms with Gasteiger partial charge in [-0.15, -0.1) is 0 Å².